The SMILES string of the molecule is Cc1c(N)cccc1CNCC(C)(C)C. The second-order valence-corrected chi connectivity index (χ2v) is 5.30. The van der Waals surface area contributed by atoms with Gasteiger partial charge in [-0.3, -0.25) is 0 Å². The van der Waals surface area contributed by atoms with E-state index in [1.54, 1.807) is 0 Å². The first-order valence-electron chi connectivity index (χ1n) is 5.45. The maximum atomic E-state index is 5.85. The van der Waals surface area contributed by atoms with Crippen LogP contribution in [0.15, 0.2) is 18.2 Å². The summed E-state index contributed by atoms with van der Waals surface area (Å²) in [5.74, 6) is 0. The molecule has 0 heterocycles. The molecular weight excluding hydrogens is 184 g/mol. The van der Waals surface area contributed by atoms with Crippen LogP contribution < -0.4 is 11.1 Å². The quantitative estimate of drug-likeness (QED) is 0.746. The van der Waals surface area contributed by atoms with Crippen LogP contribution in [0, 0.1) is 12.3 Å². The highest BCUT2D eigenvalue weighted by atomic mass is 14.9. The highest BCUT2D eigenvalue weighted by molar-refractivity contribution is 5.49. The summed E-state index contributed by atoms with van der Waals surface area (Å²) in [6.45, 7) is 10.7. The molecule has 0 amide bonds. The minimum atomic E-state index is 0.328. The smallest absolute Gasteiger partial charge is 0.0346 e. The molecule has 0 aromatic heterocycles. The third kappa shape index (κ3) is 3.92. The zero-order valence-electron chi connectivity index (χ0n) is 10.2. The van der Waals surface area contributed by atoms with Crippen molar-refractivity contribution in [2.45, 2.75) is 34.2 Å². The van der Waals surface area contributed by atoms with Crippen LogP contribution in [0.25, 0.3) is 0 Å². The standard InChI is InChI=1S/C13H22N2/c1-10-11(6-5-7-12(10)14)8-15-9-13(2,3)4/h5-7,15H,8-9,14H2,1-4H3. The van der Waals surface area contributed by atoms with Gasteiger partial charge in [-0.05, 0) is 29.5 Å². The van der Waals surface area contributed by atoms with Crippen LogP contribution in [0.4, 0.5) is 5.69 Å². The van der Waals surface area contributed by atoms with Crippen LogP contribution in [0.5, 0.6) is 0 Å². The Bertz CT molecular complexity index is 324. The lowest BCUT2D eigenvalue weighted by molar-refractivity contribution is 0.379. The molecule has 0 saturated carbocycles. The molecule has 1 aromatic carbocycles. The fourth-order valence-electron chi connectivity index (χ4n) is 1.47. The van der Waals surface area contributed by atoms with Crippen molar-refractivity contribution in [3.63, 3.8) is 0 Å². The normalized spacial score (nSPS) is 11.7. The zero-order chi connectivity index (χ0) is 11.5. The summed E-state index contributed by atoms with van der Waals surface area (Å²) >= 11 is 0. The number of hydrogen-bond acceptors (Lipinski definition) is 2. The molecule has 0 bridgehead atoms. The van der Waals surface area contributed by atoms with E-state index >= 15 is 0 Å². The fraction of sp³-hybridized carbons (Fsp3) is 0.538. The topological polar surface area (TPSA) is 38.0 Å². The van der Waals surface area contributed by atoms with Gasteiger partial charge in [-0.1, -0.05) is 32.9 Å². The molecule has 15 heavy (non-hydrogen) atoms. The summed E-state index contributed by atoms with van der Waals surface area (Å²) < 4.78 is 0. The van der Waals surface area contributed by atoms with E-state index in [1.165, 1.54) is 11.1 Å². The van der Waals surface area contributed by atoms with Gasteiger partial charge < -0.3 is 11.1 Å². The van der Waals surface area contributed by atoms with Crippen molar-refractivity contribution in [3.05, 3.63) is 29.3 Å². The van der Waals surface area contributed by atoms with Crippen LogP contribution in [0.1, 0.15) is 31.9 Å². The Balaban J connectivity index is 2.55. The summed E-state index contributed by atoms with van der Waals surface area (Å²) in [4.78, 5) is 0. The molecule has 0 atom stereocenters. The van der Waals surface area contributed by atoms with Gasteiger partial charge in [-0.15, -0.1) is 0 Å². The third-order valence-corrected chi connectivity index (χ3v) is 2.46. The van der Waals surface area contributed by atoms with Gasteiger partial charge in [0, 0.05) is 18.8 Å². The number of anilines is 1. The van der Waals surface area contributed by atoms with Gasteiger partial charge in [-0.2, -0.15) is 0 Å². The molecule has 0 aliphatic rings. The minimum absolute atomic E-state index is 0.328. The number of nitrogens with two attached hydrogens (primary N) is 1. The van der Waals surface area contributed by atoms with E-state index in [9.17, 15) is 0 Å². The molecule has 3 N–H and O–H groups in total. The molecular formula is C13H22N2. The van der Waals surface area contributed by atoms with E-state index in [2.05, 4.69) is 39.1 Å². The largest absolute Gasteiger partial charge is 0.399 e. The average molecular weight is 206 g/mol. The number of hydrogen-bond donors (Lipinski definition) is 2. The second kappa shape index (κ2) is 4.67. The Kier molecular flexibility index (Phi) is 3.75. The predicted octanol–water partition coefficient (Wildman–Crippen LogP) is 2.71. The number of nitrogens with one attached hydrogen (secondary N) is 1. The van der Waals surface area contributed by atoms with Crippen molar-refractivity contribution in [2.24, 2.45) is 5.41 Å². The predicted molar refractivity (Wildman–Crippen MR) is 66.8 cm³/mol. The average Bonchev–Trinajstić information content (AvgIpc) is 2.10. The van der Waals surface area contributed by atoms with E-state index in [0.717, 1.165) is 18.8 Å². The van der Waals surface area contributed by atoms with Crippen molar-refractivity contribution in [2.75, 3.05) is 12.3 Å². The molecule has 0 aliphatic heterocycles. The zero-order valence-corrected chi connectivity index (χ0v) is 10.2. The third-order valence-electron chi connectivity index (χ3n) is 2.46. The van der Waals surface area contributed by atoms with E-state index in [-0.39, 0.29) is 0 Å². The van der Waals surface area contributed by atoms with Crippen molar-refractivity contribution >= 4 is 5.69 Å². The minimum Gasteiger partial charge on any atom is -0.399 e. The molecule has 0 radical (unpaired) electrons. The monoisotopic (exact) mass is 206 g/mol. The van der Waals surface area contributed by atoms with Crippen LogP contribution in [-0.2, 0) is 6.54 Å². The Morgan fingerprint density at radius 3 is 2.53 bits per heavy atom. The first-order valence-corrected chi connectivity index (χ1v) is 5.45. The van der Waals surface area contributed by atoms with E-state index in [4.69, 9.17) is 5.73 Å². The van der Waals surface area contributed by atoms with Gasteiger partial charge >= 0.3 is 0 Å². The van der Waals surface area contributed by atoms with E-state index < -0.39 is 0 Å². The highest BCUT2D eigenvalue weighted by Crippen LogP contribution is 2.16. The summed E-state index contributed by atoms with van der Waals surface area (Å²) in [5, 5.41) is 3.45. The molecule has 0 unspecified atom stereocenters. The summed E-state index contributed by atoms with van der Waals surface area (Å²) in [7, 11) is 0. The molecule has 1 aromatic rings. The number of benzene rings is 1. The maximum absolute atomic E-state index is 5.85. The lowest BCUT2D eigenvalue weighted by atomic mass is 9.97. The fourth-order valence-corrected chi connectivity index (χ4v) is 1.47. The molecule has 0 spiro atoms. The molecule has 1 rings (SSSR count). The lowest BCUT2D eigenvalue weighted by Gasteiger charge is -2.19. The molecule has 0 fully saturated rings. The van der Waals surface area contributed by atoms with E-state index in [0.29, 0.717) is 5.41 Å². The van der Waals surface area contributed by atoms with Gasteiger partial charge in [0.15, 0.2) is 0 Å². The Labute approximate surface area is 92.9 Å². The summed E-state index contributed by atoms with van der Waals surface area (Å²) in [5.41, 5.74) is 9.54. The van der Waals surface area contributed by atoms with Gasteiger partial charge in [-0.25, -0.2) is 0 Å². The molecule has 2 heteroatoms. The number of rotatable bonds is 3. The van der Waals surface area contributed by atoms with Crippen molar-refractivity contribution in [1.29, 1.82) is 0 Å². The first kappa shape index (κ1) is 12.1. The highest BCUT2D eigenvalue weighted by Gasteiger charge is 2.09. The van der Waals surface area contributed by atoms with Crippen LogP contribution in [0.2, 0.25) is 0 Å². The van der Waals surface area contributed by atoms with Gasteiger partial charge in [0.05, 0.1) is 0 Å². The van der Waals surface area contributed by atoms with Crippen molar-refractivity contribution < 1.29 is 0 Å². The molecule has 2 nitrogen and oxygen atoms in total. The van der Waals surface area contributed by atoms with Crippen LogP contribution >= 0.6 is 0 Å². The maximum Gasteiger partial charge on any atom is 0.0346 e. The summed E-state index contributed by atoms with van der Waals surface area (Å²) in [6, 6.07) is 6.08. The van der Waals surface area contributed by atoms with Crippen LogP contribution in [-0.4, -0.2) is 6.54 Å². The lowest BCUT2D eigenvalue weighted by Crippen LogP contribution is -2.26. The Hall–Kier alpha value is -1.02. The molecule has 0 aliphatic carbocycles. The first-order chi connectivity index (χ1) is 6.90. The van der Waals surface area contributed by atoms with Gasteiger partial charge in [0.25, 0.3) is 0 Å². The van der Waals surface area contributed by atoms with Crippen molar-refractivity contribution in [3.8, 4) is 0 Å². The summed E-state index contributed by atoms with van der Waals surface area (Å²) in [6.07, 6.45) is 0. The molecule has 84 valence electrons. The second-order valence-electron chi connectivity index (χ2n) is 5.30. The molecule has 0 saturated heterocycles. The Morgan fingerprint density at radius 1 is 1.27 bits per heavy atom. The van der Waals surface area contributed by atoms with Gasteiger partial charge in [0.2, 0.25) is 0 Å². The Morgan fingerprint density at radius 2 is 1.93 bits per heavy atom. The van der Waals surface area contributed by atoms with Crippen LogP contribution in [0.3, 0.4) is 0 Å². The van der Waals surface area contributed by atoms with E-state index in [1.807, 2.05) is 12.1 Å². The van der Waals surface area contributed by atoms with Crippen molar-refractivity contribution in [1.82, 2.24) is 5.32 Å². The number of nitrogen functional groups attached to an aromatic ring is 1. The van der Waals surface area contributed by atoms with Gasteiger partial charge in [0.1, 0.15) is 0 Å².